The molecule has 0 bridgehead atoms. The van der Waals surface area contributed by atoms with Gasteiger partial charge in [-0.15, -0.1) is 0 Å². The summed E-state index contributed by atoms with van der Waals surface area (Å²) in [5, 5.41) is 13.4. The molecule has 1 aromatic heterocycles. The minimum absolute atomic E-state index is 0.103. The van der Waals surface area contributed by atoms with Crippen LogP contribution < -0.4 is 10.2 Å². The smallest absolute Gasteiger partial charge is 0.222 e. The van der Waals surface area contributed by atoms with Gasteiger partial charge >= 0.3 is 0 Å². The topological polar surface area (TPSA) is 78.4 Å². The van der Waals surface area contributed by atoms with E-state index < -0.39 is 5.60 Å². The zero-order valence-electron chi connectivity index (χ0n) is 13.8. The van der Waals surface area contributed by atoms with Crippen LogP contribution in [0, 0.1) is 0 Å². The van der Waals surface area contributed by atoms with Crippen LogP contribution >= 0.6 is 0 Å². The van der Waals surface area contributed by atoms with Gasteiger partial charge in [0.15, 0.2) is 0 Å². The highest BCUT2D eigenvalue weighted by Gasteiger charge is 2.36. The minimum Gasteiger partial charge on any atom is -0.388 e. The summed E-state index contributed by atoms with van der Waals surface area (Å²) in [5.41, 5.74) is 0.938. The molecule has 0 spiro atoms. The number of aromatic nitrogens is 2. The van der Waals surface area contributed by atoms with Crippen molar-refractivity contribution in [3.8, 4) is 11.1 Å². The number of anilines is 1. The van der Waals surface area contributed by atoms with Crippen LogP contribution in [0.2, 0.25) is 0 Å². The Kier molecular flexibility index (Phi) is 4.76. The molecule has 1 aromatic carbocycles. The highest BCUT2D eigenvalue weighted by Crippen LogP contribution is 2.33. The van der Waals surface area contributed by atoms with Gasteiger partial charge in [-0.05, 0) is 18.4 Å². The molecule has 1 aliphatic heterocycles. The first kappa shape index (κ1) is 16.4. The Labute approximate surface area is 141 Å². The van der Waals surface area contributed by atoms with Crippen LogP contribution in [-0.4, -0.2) is 46.7 Å². The SMILES string of the molecule is CNC(=O)CC1(O)CCCN(c2ncncc2-c2ccccc2)C1. The van der Waals surface area contributed by atoms with Crippen LogP contribution in [0.5, 0.6) is 0 Å². The lowest BCUT2D eigenvalue weighted by molar-refractivity contribution is -0.125. The predicted molar refractivity (Wildman–Crippen MR) is 92.5 cm³/mol. The van der Waals surface area contributed by atoms with Gasteiger partial charge in [0.25, 0.3) is 0 Å². The van der Waals surface area contributed by atoms with Gasteiger partial charge in [0.1, 0.15) is 12.1 Å². The lowest BCUT2D eigenvalue weighted by Crippen LogP contribution is -2.50. The summed E-state index contributed by atoms with van der Waals surface area (Å²) >= 11 is 0. The molecule has 1 amide bonds. The summed E-state index contributed by atoms with van der Waals surface area (Å²) in [6.45, 7) is 1.18. The number of piperidine rings is 1. The first-order valence-electron chi connectivity index (χ1n) is 8.15. The summed E-state index contributed by atoms with van der Waals surface area (Å²) in [7, 11) is 1.59. The number of carbonyl (C=O) groups excluding carboxylic acids is 1. The number of carbonyl (C=O) groups is 1. The average molecular weight is 326 g/mol. The normalized spacial score (nSPS) is 20.7. The van der Waals surface area contributed by atoms with Crippen molar-refractivity contribution < 1.29 is 9.90 Å². The second-order valence-corrected chi connectivity index (χ2v) is 6.23. The van der Waals surface area contributed by atoms with Crippen LogP contribution in [-0.2, 0) is 4.79 Å². The zero-order valence-corrected chi connectivity index (χ0v) is 13.8. The molecule has 2 aromatic rings. The molecular formula is C18H22N4O2. The van der Waals surface area contributed by atoms with Crippen LogP contribution in [0.25, 0.3) is 11.1 Å². The average Bonchev–Trinajstić information content (AvgIpc) is 2.62. The van der Waals surface area contributed by atoms with Gasteiger partial charge in [-0.25, -0.2) is 9.97 Å². The molecule has 126 valence electrons. The van der Waals surface area contributed by atoms with Gasteiger partial charge in [0.2, 0.25) is 5.91 Å². The van der Waals surface area contributed by atoms with Crippen molar-refractivity contribution in [3.05, 3.63) is 42.9 Å². The molecule has 1 saturated heterocycles. The first-order chi connectivity index (χ1) is 11.6. The number of hydrogen-bond donors (Lipinski definition) is 2. The highest BCUT2D eigenvalue weighted by molar-refractivity contribution is 5.77. The van der Waals surface area contributed by atoms with Crippen molar-refractivity contribution in [2.24, 2.45) is 0 Å². The van der Waals surface area contributed by atoms with Gasteiger partial charge in [-0.2, -0.15) is 0 Å². The zero-order chi connectivity index (χ0) is 17.0. The fourth-order valence-corrected chi connectivity index (χ4v) is 3.22. The molecule has 0 aliphatic carbocycles. The maximum atomic E-state index is 11.7. The van der Waals surface area contributed by atoms with Crippen molar-refractivity contribution >= 4 is 11.7 Å². The maximum Gasteiger partial charge on any atom is 0.222 e. The van der Waals surface area contributed by atoms with Crippen LogP contribution in [0.1, 0.15) is 19.3 Å². The lowest BCUT2D eigenvalue weighted by Gasteiger charge is -2.40. The summed E-state index contributed by atoms with van der Waals surface area (Å²) in [6.07, 6.45) is 4.85. The quantitative estimate of drug-likeness (QED) is 0.892. The maximum absolute atomic E-state index is 11.7. The van der Waals surface area contributed by atoms with E-state index in [1.54, 1.807) is 13.2 Å². The molecule has 3 rings (SSSR count). The Balaban J connectivity index is 1.88. The monoisotopic (exact) mass is 326 g/mol. The Morgan fingerprint density at radius 2 is 2.17 bits per heavy atom. The van der Waals surface area contributed by atoms with E-state index >= 15 is 0 Å². The number of hydrogen-bond acceptors (Lipinski definition) is 5. The molecular weight excluding hydrogens is 304 g/mol. The third kappa shape index (κ3) is 3.54. The van der Waals surface area contributed by atoms with Crippen LogP contribution in [0.3, 0.4) is 0 Å². The molecule has 1 unspecified atom stereocenters. The van der Waals surface area contributed by atoms with E-state index in [0.717, 1.165) is 29.9 Å². The molecule has 2 N–H and O–H groups in total. The number of nitrogens with zero attached hydrogens (tertiary/aromatic N) is 3. The van der Waals surface area contributed by atoms with Gasteiger partial charge in [0, 0.05) is 31.9 Å². The van der Waals surface area contributed by atoms with E-state index in [9.17, 15) is 9.90 Å². The summed E-state index contributed by atoms with van der Waals surface area (Å²) in [5.74, 6) is 0.650. The van der Waals surface area contributed by atoms with E-state index in [0.29, 0.717) is 13.0 Å². The largest absolute Gasteiger partial charge is 0.388 e. The van der Waals surface area contributed by atoms with Crippen molar-refractivity contribution in [2.45, 2.75) is 24.9 Å². The molecule has 6 nitrogen and oxygen atoms in total. The molecule has 1 atom stereocenters. The lowest BCUT2D eigenvalue weighted by atomic mass is 9.89. The van der Waals surface area contributed by atoms with Crippen molar-refractivity contribution in [1.29, 1.82) is 0 Å². The fraction of sp³-hybridized carbons (Fsp3) is 0.389. The number of amides is 1. The van der Waals surface area contributed by atoms with Crippen LogP contribution in [0.15, 0.2) is 42.9 Å². The highest BCUT2D eigenvalue weighted by atomic mass is 16.3. The number of aliphatic hydroxyl groups is 1. The van der Waals surface area contributed by atoms with Gasteiger partial charge in [-0.1, -0.05) is 30.3 Å². The Morgan fingerprint density at radius 1 is 1.38 bits per heavy atom. The van der Waals surface area contributed by atoms with E-state index in [-0.39, 0.29) is 12.3 Å². The Bertz CT molecular complexity index is 707. The summed E-state index contributed by atoms with van der Waals surface area (Å²) in [6, 6.07) is 9.95. The number of nitrogens with one attached hydrogen (secondary N) is 1. The second kappa shape index (κ2) is 6.97. The van der Waals surface area contributed by atoms with Crippen LogP contribution in [0.4, 0.5) is 5.82 Å². The predicted octanol–water partition coefficient (Wildman–Crippen LogP) is 1.61. The molecule has 1 aliphatic rings. The van der Waals surface area contributed by atoms with Gasteiger partial charge < -0.3 is 15.3 Å². The van der Waals surface area contributed by atoms with E-state index in [1.165, 1.54) is 6.33 Å². The standard InChI is InChI=1S/C18H22N4O2/c1-19-16(23)10-18(24)8-5-9-22(12-18)17-15(11-20-13-21-17)14-6-3-2-4-7-14/h2-4,6-7,11,13,24H,5,8-10,12H2,1H3,(H,19,23). The molecule has 6 heteroatoms. The van der Waals surface area contributed by atoms with Gasteiger partial charge in [0.05, 0.1) is 12.0 Å². The second-order valence-electron chi connectivity index (χ2n) is 6.23. The molecule has 0 radical (unpaired) electrons. The third-order valence-electron chi connectivity index (χ3n) is 4.40. The fourth-order valence-electron chi connectivity index (χ4n) is 3.22. The molecule has 0 saturated carbocycles. The van der Waals surface area contributed by atoms with Crippen molar-refractivity contribution in [1.82, 2.24) is 15.3 Å². The third-order valence-corrected chi connectivity index (χ3v) is 4.40. The van der Waals surface area contributed by atoms with Gasteiger partial charge in [-0.3, -0.25) is 4.79 Å². The number of benzene rings is 1. The molecule has 1 fully saturated rings. The number of β-amino-alcohol motifs (C(OH)–C–C–N with tert-alkyl or cyclic N) is 1. The Hall–Kier alpha value is -2.47. The summed E-state index contributed by atoms with van der Waals surface area (Å²) < 4.78 is 0. The minimum atomic E-state index is -1.03. The van der Waals surface area contributed by atoms with E-state index in [2.05, 4.69) is 20.2 Å². The summed E-state index contributed by atoms with van der Waals surface area (Å²) in [4.78, 5) is 22.4. The molecule has 24 heavy (non-hydrogen) atoms. The first-order valence-corrected chi connectivity index (χ1v) is 8.15. The van der Waals surface area contributed by atoms with E-state index in [1.807, 2.05) is 30.3 Å². The number of rotatable bonds is 4. The van der Waals surface area contributed by atoms with Crippen molar-refractivity contribution in [3.63, 3.8) is 0 Å². The Morgan fingerprint density at radius 3 is 2.92 bits per heavy atom. The van der Waals surface area contributed by atoms with Crippen molar-refractivity contribution in [2.75, 3.05) is 25.0 Å². The van der Waals surface area contributed by atoms with E-state index in [4.69, 9.17) is 0 Å². The molecule has 2 heterocycles.